The van der Waals surface area contributed by atoms with Crippen LogP contribution in [0.4, 0.5) is 5.69 Å². The molecule has 0 amide bonds. The van der Waals surface area contributed by atoms with Gasteiger partial charge in [-0.1, -0.05) is 24.3 Å². The highest BCUT2D eigenvalue weighted by Crippen LogP contribution is 2.37. The average Bonchev–Trinajstić information content (AvgIpc) is 2.70. The molecule has 0 saturated heterocycles. The van der Waals surface area contributed by atoms with Crippen LogP contribution in [0.3, 0.4) is 0 Å². The lowest BCUT2D eigenvalue weighted by Crippen LogP contribution is -2.36. The molecule has 2 atom stereocenters. The average molecular weight is 383 g/mol. The zero-order valence-corrected chi connectivity index (χ0v) is 16.5. The summed E-state index contributed by atoms with van der Waals surface area (Å²) in [5.41, 5.74) is 10.0. The van der Waals surface area contributed by atoms with E-state index >= 15 is 0 Å². The Morgan fingerprint density at radius 3 is 2.71 bits per heavy atom. The van der Waals surface area contributed by atoms with Crippen LogP contribution in [0, 0.1) is 0 Å². The third-order valence-corrected chi connectivity index (χ3v) is 5.35. The van der Waals surface area contributed by atoms with Crippen LogP contribution in [-0.4, -0.2) is 23.7 Å². The van der Waals surface area contributed by atoms with Gasteiger partial charge in [0.25, 0.3) is 0 Å². The van der Waals surface area contributed by atoms with Crippen molar-refractivity contribution in [1.82, 2.24) is 5.32 Å². The van der Waals surface area contributed by atoms with Gasteiger partial charge in [0.1, 0.15) is 11.4 Å². The Kier molecular flexibility index (Phi) is 6.21. The van der Waals surface area contributed by atoms with Gasteiger partial charge >= 0.3 is 5.97 Å². The molecule has 5 N–H and O–H groups in total. The summed E-state index contributed by atoms with van der Waals surface area (Å²) in [7, 11) is 1.84. The zero-order chi connectivity index (χ0) is 20.1. The molecule has 2 unspecified atom stereocenters. The summed E-state index contributed by atoms with van der Waals surface area (Å²) in [6.45, 7) is 2.72. The number of nitrogens with two attached hydrogens (primary N) is 1. The zero-order valence-electron chi connectivity index (χ0n) is 16.5. The van der Waals surface area contributed by atoms with Gasteiger partial charge in [-0.3, -0.25) is 4.79 Å². The van der Waals surface area contributed by atoms with Gasteiger partial charge < -0.3 is 26.2 Å². The second-order valence-corrected chi connectivity index (χ2v) is 7.63. The summed E-state index contributed by atoms with van der Waals surface area (Å²) in [5.74, 6) is 0.0752. The smallest absolute Gasteiger partial charge is 0.303 e. The first-order valence-corrected chi connectivity index (χ1v) is 9.68. The lowest BCUT2D eigenvalue weighted by Gasteiger charge is -2.35. The Morgan fingerprint density at radius 2 is 2.04 bits per heavy atom. The van der Waals surface area contributed by atoms with Crippen molar-refractivity contribution >= 4 is 11.7 Å². The maximum Gasteiger partial charge on any atom is 0.303 e. The molecule has 0 spiro atoms. The molecule has 1 aliphatic heterocycles. The summed E-state index contributed by atoms with van der Waals surface area (Å²) in [6, 6.07) is 14.3. The van der Waals surface area contributed by atoms with Gasteiger partial charge in [0.05, 0.1) is 6.17 Å². The minimum atomic E-state index is -0.781. The molecule has 150 valence electrons. The summed E-state index contributed by atoms with van der Waals surface area (Å²) in [4.78, 5) is 10.9. The molecule has 0 fully saturated rings. The monoisotopic (exact) mass is 383 g/mol. The molecular weight excluding hydrogens is 354 g/mol. The summed E-state index contributed by atoms with van der Waals surface area (Å²) in [6.07, 6.45) is 2.21. The number of hydrogen-bond acceptors (Lipinski definition) is 5. The Hall–Kier alpha value is -2.57. The number of nitrogens with one attached hydrogen (secondary N) is 2. The maximum absolute atomic E-state index is 10.9. The molecule has 1 aliphatic rings. The van der Waals surface area contributed by atoms with Gasteiger partial charge in [0, 0.05) is 18.7 Å². The summed E-state index contributed by atoms with van der Waals surface area (Å²) in [5, 5.41) is 15.4. The van der Waals surface area contributed by atoms with E-state index in [-0.39, 0.29) is 12.6 Å². The van der Waals surface area contributed by atoms with Crippen molar-refractivity contribution in [3.05, 3.63) is 59.2 Å². The first-order valence-electron chi connectivity index (χ1n) is 9.68. The molecule has 0 aromatic heterocycles. The number of anilines is 1. The molecule has 6 nitrogen and oxygen atoms in total. The number of aryl methyl sites for hydroxylation is 1. The fourth-order valence-corrected chi connectivity index (χ4v) is 3.46. The molecule has 28 heavy (non-hydrogen) atoms. The summed E-state index contributed by atoms with van der Waals surface area (Å²) < 4.78 is 6.12. The number of carboxylic acid groups (broad SMARTS) is 1. The fraction of sp³-hybridized carbons (Fsp3) is 0.409. The Bertz CT molecular complexity index is 822. The Labute approximate surface area is 166 Å². The van der Waals surface area contributed by atoms with Gasteiger partial charge in [-0.25, -0.2) is 0 Å². The van der Waals surface area contributed by atoms with Crippen LogP contribution >= 0.6 is 0 Å². The predicted molar refractivity (Wildman–Crippen MR) is 110 cm³/mol. The minimum absolute atomic E-state index is 0.128. The molecule has 0 bridgehead atoms. The molecular formula is C22H29N3O3. The highest BCUT2D eigenvalue weighted by Gasteiger charge is 2.32. The number of hydrogen-bond donors (Lipinski definition) is 4. The molecule has 2 aromatic carbocycles. The number of ether oxygens (including phenoxy) is 1. The van der Waals surface area contributed by atoms with Crippen molar-refractivity contribution in [2.75, 3.05) is 12.4 Å². The molecule has 0 saturated carbocycles. The van der Waals surface area contributed by atoms with Crippen LogP contribution in [0.15, 0.2) is 42.5 Å². The van der Waals surface area contributed by atoms with Crippen LogP contribution < -0.4 is 21.1 Å². The van der Waals surface area contributed by atoms with Crippen LogP contribution in [0.25, 0.3) is 0 Å². The van der Waals surface area contributed by atoms with Crippen LogP contribution in [0.5, 0.6) is 5.75 Å². The topological polar surface area (TPSA) is 96.6 Å². The summed E-state index contributed by atoms with van der Waals surface area (Å²) >= 11 is 0. The van der Waals surface area contributed by atoms with Gasteiger partial charge in [-0.15, -0.1) is 0 Å². The van der Waals surface area contributed by atoms with Gasteiger partial charge in [0.15, 0.2) is 0 Å². The van der Waals surface area contributed by atoms with Crippen molar-refractivity contribution in [2.24, 2.45) is 5.73 Å². The van der Waals surface area contributed by atoms with Crippen molar-refractivity contribution in [1.29, 1.82) is 0 Å². The highest BCUT2D eigenvalue weighted by atomic mass is 16.5. The van der Waals surface area contributed by atoms with Crippen LogP contribution in [0.1, 0.15) is 49.0 Å². The maximum atomic E-state index is 10.9. The molecule has 0 radical (unpaired) electrons. The molecule has 1 heterocycles. The fourth-order valence-electron chi connectivity index (χ4n) is 3.46. The van der Waals surface area contributed by atoms with E-state index in [1.165, 1.54) is 5.56 Å². The van der Waals surface area contributed by atoms with E-state index in [0.29, 0.717) is 6.42 Å². The van der Waals surface area contributed by atoms with E-state index in [9.17, 15) is 4.79 Å². The molecule has 6 heteroatoms. The van der Waals surface area contributed by atoms with Crippen molar-refractivity contribution in [2.45, 2.75) is 50.9 Å². The molecule has 0 aliphatic carbocycles. The van der Waals surface area contributed by atoms with Crippen molar-refractivity contribution in [3.8, 4) is 5.75 Å². The standard InChI is InChI=1S/C22H29N3O3/c1-22(12-10-20(26)27)11-9-17-13-18(7-8-19(17)28-22)25-14-15-3-5-16(6-4-15)21(23)24-2/h3-8,13,21,24-25H,9-12,14,23H2,1-2H3,(H,26,27). The lowest BCUT2D eigenvalue weighted by atomic mass is 9.88. The minimum Gasteiger partial charge on any atom is -0.487 e. The van der Waals surface area contributed by atoms with E-state index in [0.717, 1.165) is 42.0 Å². The van der Waals surface area contributed by atoms with E-state index in [4.69, 9.17) is 15.6 Å². The van der Waals surface area contributed by atoms with Gasteiger partial charge in [-0.05, 0) is 68.1 Å². The van der Waals surface area contributed by atoms with E-state index in [1.54, 1.807) is 0 Å². The second kappa shape index (κ2) is 8.63. The largest absolute Gasteiger partial charge is 0.487 e. The predicted octanol–water partition coefficient (Wildman–Crippen LogP) is 3.42. The van der Waals surface area contributed by atoms with Gasteiger partial charge in [-0.2, -0.15) is 0 Å². The third kappa shape index (κ3) is 5.03. The lowest BCUT2D eigenvalue weighted by molar-refractivity contribution is -0.138. The Morgan fingerprint density at radius 1 is 1.29 bits per heavy atom. The Balaban J connectivity index is 1.60. The number of carbonyl (C=O) groups is 1. The van der Waals surface area contributed by atoms with Crippen molar-refractivity contribution in [3.63, 3.8) is 0 Å². The first kappa shape index (κ1) is 20.2. The normalized spacial score (nSPS) is 19.4. The highest BCUT2D eigenvalue weighted by molar-refractivity contribution is 5.66. The third-order valence-electron chi connectivity index (χ3n) is 5.35. The van der Waals surface area contributed by atoms with E-state index in [2.05, 4.69) is 28.8 Å². The SMILES string of the molecule is CNC(N)c1ccc(CNc2ccc3c(c2)CCC(C)(CCC(=O)O)O3)cc1. The van der Waals surface area contributed by atoms with E-state index < -0.39 is 11.6 Å². The number of fused-ring (bicyclic) bond motifs is 1. The quantitative estimate of drug-likeness (QED) is 0.522. The number of aliphatic carboxylic acids is 1. The van der Waals surface area contributed by atoms with Crippen LogP contribution in [-0.2, 0) is 17.8 Å². The molecule has 2 aromatic rings. The molecule has 3 rings (SSSR count). The first-order chi connectivity index (χ1) is 13.4. The number of carboxylic acids is 1. The second-order valence-electron chi connectivity index (χ2n) is 7.63. The number of benzene rings is 2. The van der Waals surface area contributed by atoms with Gasteiger partial charge in [0.2, 0.25) is 0 Å². The van der Waals surface area contributed by atoms with E-state index in [1.807, 2.05) is 38.2 Å². The van der Waals surface area contributed by atoms with Crippen molar-refractivity contribution < 1.29 is 14.6 Å². The van der Waals surface area contributed by atoms with Crippen LogP contribution in [0.2, 0.25) is 0 Å². The number of rotatable bonds is 8.